The Morgan fingerprint density at radius 1 is 1.35 bits per heavy atom. The summed E-state index contributed by atoms with van der Waals surface area (Å²) in [5.41, 5.74) is -0.168. The highest BCUT2D eigenvalue weighted by molar-refractivity contribution is 6.42. The molecule has 126 valence electrons. The highest BCUT2D eigenvalue weighted by Gasteiger charge is 2.43. The lowest BCUT2D eigenvalue weighted by Crippen LogP contribution is -2.37. The van der Waals surface area contributed by atoms with Crippen LogP contribution in [0.2, 0.25) is 10.0 Å². The molecule has 0 bridgehead atoms. The van der Waals surface area contributed by atoms with Crippen LogP contribution in [0.4, 0.5) is 4.39 Å². The molecule has 1 N–H and O–H groups in total. The van der Waals surface area contributed by atoms with Gasteiger partial charge in [-0.2, -0.15) is 0 Å². The molecule has 2 fully saturated rings. The number of hydrogen-bond donors (Lipinski definition) is 1. The van der Waals surface area contributed by atoms with Crippen LogP contribution in [-0.2, 0) is 4.74 Å². The normalized spacial score (nSPS) is 25.7. The van der Waals surface area contributed by atoms with Crippen molar-refractivity contribution in [2.45, 2.75) is 25.7 Å². The monoisotopic (exact) mass is 359 g/mol. The molecular weight excluding hydrogens is 340 g/mol. The van der Waals surface area contributed by atoms with Crippen molar-refractivity contribution in [1.29, 1.82) is 0 Å². The highest BCUT2D eigenvalue weighted by atomic mass is 35.5. The van der Waals surface area contributed by atoms with Crippen LogP contribution in [-0.4, -0.2) is 32.1 Å². The summed E-state index contributed by atoms with van der Waals surface area (Å²) in [6.45, 7) is 2.94. The van der Waals surface area contributed by atoms with Crippen molar-refractivity contribution >= 4 is 29.0 Å². The van der Waals surface area contributed by atoms with Gasteiger partial charge < -0.3 is 10.1 Å². The van der Waals surface area contributed by atoms with E-state index in [1.54, 1.807) is 0 Å². The number of ether oxygens (including phenoxy) is 1. The Kier molecular flexibility index (Phi) is 5.26. The Labute approximate surface area is 145 Å². The molecule has 1 aromatic carbocycles. The number of carbonyl (C=O) groups excluding carboxylic acids is 1. The molecule has 0 aliphatic carbocycles. The number of hydrogen-bond acceptors (Lipinski definition) is 3. The second kappa shape index (κ2) is 7.06. The van der Waals surface area contributed by atoms with Crippen LogP contribution in [0.5, 0.6) is 0 Å². The van der Waals surface area contributed by atoms with Crippen molar-refractivity contribution in [1.82, 2.24) is 5.32 Å². The van der Waals surface area contributed by atoms with Gasteiger partial charge in [0.25, 0.3) is 0 Å². The molecular formula is C17H20Cl2FNO2. The molecule has 0 aromatic heterocycles. The molecule has 0 spiro atoms. The van der Waals surface area contributed by atoms with E-state index in [-0.39, 0.29) is 15.8 Å². The van der Waals surface area contributed by atoms with Crippen LogP contribution >= 0.6 is 23.2 Å². The van der Waals surface area contributed by atoms with E-state index in [1.807, 2.05) is 0 Å². The molecule has 2 aliphatic heterocycles. The smallest absolute Gasteiger partial charge is 0.170 e. The molecule has 23 heavy (non-hydrogen) atoms. The first-order valence-electron chi connectivity index (χ1n) is 8.00. The minimum absolute atomic E-state index is 0.0357. The minimum Gasteiger partial charge on any atom is -0.381 e. The third kappa shape index (κ3) is 3.55. The molecule has 2 aliphatic rings. The highest BCUT2D eigenvalue weighted by Crippen LogP contribution is 2.40. The van der Waals surface area contributed by atoms with Crippen molar-refractivity contribution in [3.05, 3.63) is 33.6 Å². The molecule has 0 amide bonds. The van der Waals surface area contributed by atoms with Crippen molar-refractivity contribution in [2.24, 2.45) is 11.3 Å². The van der Waals surface area contributed by atoms with Crippen LogP contribution < -0.4 is 5.32 Å². The molecule has 3 nitrogen and oxygen atoms in total. The number of Topliss-reactive ketones (excluding diaryl/α,β-unsaturated/α-hetero) is 1. The molecule has 0 radical (unpaired) electrons. The predicted octanol–water partition coefficient (Wildman–Crippen LogP) is 4.11. The van der Waals surface area contributed by atoms with E-state index in [9.17, 15) is 9.18 Å². The van der Waals surface area contributed by atoms with Gasteiger partial charge in [-0.05, 0) is 50.3 Å². The third-order valence-electron chi connectivity index (χ3n) is 4.99. The maximum Gasteiger partial charge on any atom is 0.170 e. The van der Waals surface area contributed by atoms with Crippen LogP contribution in [0.1, 0.15) is 36.0 Å². The molecule has 3 rings (SSSR count). The van der Waals surface area contributed by atoms with E-state index >= 15 is 0 Å². The van der Waals surface area contributed by atoms with Gasteiger partial charge in [-0.3, -0.25) is 4.79 Å². The lowest BCUT2D eigenvalue weighted by atomic mass is 9.71. The van der Waals surface area contributed by atoms with Crippen molar-refractivity contribution < 1.29 is 13.9 Å². The Morgan fingerprint density at radius 3 is 2.70 bits per heavy atom. The second-order valence-electron chi connectivity index (χ2n) is 6.55. The van der Waals surface area contributed by atoms with Crippen molar-refractivity contribution in [3.8, 4) is 0 Å². The van der Waals surface area contributed by atoms with E-state index in [4.69, 9.17) is 27.9 Å². The summed E-state index contributed by atoms with van der Waals surface area (Å²) < 4.78 is 19.3. The lowest BCUT2D eigenvalue weighted by Gasteiger charge is -2.33. The quantitative estimate of drug-likeness (QED) is 0.649. The summed E-state index contributed by atoms with van der Waals surface area (Å²) in [5.74, 6) is -0.207. The van der Waals surface area contributed by atoms with E-state index < -0.39 is 11.2 Å². The number of carbonyl (C=O) groups is 1. The van der Waals surface area contributed by atoms with Gasteiger partial charge in [0.1, 0.15) is 5.82 Å². The van der Waals surface area contributed by atoms with Gasteiger partial charge in [0.2, 0.25) is 0 Å². The average molecular weight is 360 g/mol. The Hall–Kier alpha value is -0.680. The third-order valence-corrected chi connectivity index (χ3v) is 5.77. The van der Waals surface area contributed by atoms with Gasteiger partial charge in [-0.25, -0.2) is 4.39 Å². The largest absolute Gasteiger partial charge is 0.381 e. The number of nitrogens with one attached hydrogen (secondary N) is 1. The molecule has 0 saturated carbocycles. The molecule has 1 unspecified atom stereocenters. The second-order valence-corrected chi connectivity index (χ2v) is 7.34. The summed E-state index contributed by atoms with van der Waals surface area (Å²) in [6, 6.07) is 2.69. The van der Waals surface area contributed by atoms with Crippen molar-refractivity contribution in [2.75, 3.05) is 26.3 Å². The van der Waals surface area contributed by atoms with E-state index in [0.29, 0.717) is 18.0 Å². The summed E-state index contributed by atoms with van der Waals surface area (Å²) in [4.78, 5) is 13.1. The van der Waals surface area contributed by atoms with Crippen LogP contribution in [0.15, 0.2) is 12.1 Å². The average Bonchev–Trinajstić information content (AvgIpc) is 3.02. The summed E-state index contributed by atoms with van der Waals surface area (Å²) in [5, 5.41) is 3.24. The zero-order valence-corrected chi connectivity index (χ0v) is 14.4. The summed E-state index contributed by atoms with van der Waals surface area (Å²) in [7, 11) is 0. The van der Waals surface area contributed by atoms with E-state index in [1.165, 1.54) is 12.1 Å². The topological polar surface area (TPSA) is 38.3 Å². The minimum atomic E-state index is -0.644. The summed E-state index contributed by atoms with van der Waals surface area (Å²) in [6.07, 6.45) is 3.53. The number of rotatable bonds is 4. The predicted molar refractivity (Wildman–Crippen MR) is 88.8 cm³/mol. The maximum absolute atomic E-state index is 13.9. The van der Waals surface area contributed by atoms with Crippen LogP contribution in [0.25, 0.3) is 0 Å². The van der Waals surface area contributed by atoms with Gasteiger partial charge in [0.15, 0.2) is 5.78 Å². The Bertz CT molecular complexity index is 573. The fraction of sp³-hybridized carbons (Fsp3) is 0.588. The zero-order chi connectivity index (χ0) is 16.4. The number of benzene rings is 1. The zero-order valence-electron chi connectivity index (χ0n) is 12.8. The van der Waals surface area contributed by atoms with Gasteiger partial charge in [0.05, 0.1) is 10.0 Å². The SMILES string of the molecule is O=C(c1cc(F)c(Cl)c(Cl)c1)C1(CC2CCOCC2)CCNC1. The van der Waals surface area contributed by atoms with Gasteiger partial charge in [0, 0.05) is 30.7 Å². The molecule has 1 atom stereocenters. The first-order valence-corrected chi connectivity index (χ1v) is 8.75. The molecule has 1 aromatic rings. The fourth-order valence-corrected chi connectivity index (χ4v) is 4.02. The molecule has 2 saturated heterocycles. The van der Waals surface area contributed by atoms with Gasteiger partial charge >= 0.3 is 0 Å². The van der Waals surface area contributed by atoms with Gasteiger partial charge in [-0.15, -0.1) is 0 Å². The van der Waals surface area contributed by atoms with Crippen molar-refractivity contribution in [3.63, 3.8) is 0 Å². The Balaban J connectivity index is 1.86. The molecule has 6 heteroatoms. The number of ketones is 1. The standard InChI is InChI=1S/C17H20Cl2FNO2/c18-13-7-12(8-14(20)15(13)19)16(22)17(3-4-21-10-17)9-11-1-5-23-6-2-11/h7-8,11,21H,1-6,9-10H2. The fourth-order valence-electron chi connectivity index (χ4n) is 3.70. The summed E-state index contributed by atoms with van der Waals surface area (Å²) >= 11 is 11.7. The first kappa shape index (κ1) is 17.2. The maximum atomic E-state index is 13.9. The van der Waals surface area contributed by atoms with Crippen LogP contribution in [0, 0.1) is 17.2 Å². The lowest BCUT2D eigenvalue weighted by molar-refractivity contribution is 0.0449. The van der Waals surface area contributed by atoms with Gasteiger partial charge in [-0.1, -0.05) is 23.2 Å². The van der Waals surface area contributed by atoms with E-state index in [0.717, 1.165) is 45.4 Å². The van der Waals surface area contributed by atoms with E-state index in [2.05, 4.69) is 5.32 Å². The first-order chi connectivity index (χ1) is 11.0. The van der Waals surface area contributed by atoms with Crippen LogP contribution in [0.3, 0.4) is 0 Å². The molecule has 2 heterocycles. The Morgan fingerprint density at radius 2 is 2.09 bits per heavy atom. The number of halogens is 3.